The van der Waals surface area contributed by atoms with Gasteiger partial charge in [-0.2, -0.15) is 36.9 Å². The molecule has 4 N–H and O–H groups in total. The lowest BCUT2D eigenvalue weighted by Crippen LogP contribution is -2.10. The molecule has 6 aromatic carbocycles. The number of benzene rings is 6. The van der Waals surface area contributed by atoms with E-state index in [9.17, 15) is 57.1 Å². The van der Waals surface area contributed by atoms with Crippen LogP contribution in [-0.4, -0.2) is 32.9 Å². The molecule has 18 nitrogen and oxygen atoms in total. The molecule has 0 radical (unpaired) electrons. The van der Waals surface area contributed by atoms with Gasteiger partial charge in [0.1, 0.15) is 29.3 Å². The largest absolute Gasteiger partial charge is 0.418 e. The third-order valence-electron chi connectivity index (χ3n) is 11.7. The minimum Gasteiger partial charge on any atom is -0.369 e. The summed E-state index contributed by atoms with van der Waals surface area (Å²) >= 11 is 0. The number of hydrogen-bond donors (Lipinski definition) is 4. The van der Waals surface area contributed by atoms with Crippen LogP contribution < -0.4 is 21.3 Å². The van der Waals surface area contributed by atoms with Crippen molar-refractivity contribution in [2.75, 3.05) is 34.4 Å². The van der Waals surface area contributed by atoms with Crippen LogP contribution in [0.4, 0.5) is 95.1 Å². The van der Waals surface area contributed by atoms with Gasteiger partial charge in [0.25, 0.3) is 11.4 Å². The second-order valence-electron chi connectivity index (χ2n) is 17.2. The lowest BCUT2D eigenvalue weighted by molar-refractivity contribution is -0.385. The molecule has 404 valence electrons. The Morgan fingerprint density at radius 3 is 1.26 bits per heavy atom. The SMILES string of the molecule is Cc1c(C#N)c(NCCc2ccccc2)nc(Nc2ccccc2)c1N=Nc1ccc([N+](=O)[O-])cc1C(F)(F)F.Cc1c(C#N)c(Nc2ccccc2)nc(NCCc2ccccc2)c1N=Nc1ccc([N+](=O)[O-])cc1C(F)(F)F. The fraction of sp³-hybridized carbons (Fsp3) is 0.143. The van der Waals surface area contributed by atoms with Crippen molar-refractivity contribution in [3.63, 3.8) is 0 Å². The topological polar surface area (TPSA) is 257 Å². The van der Waals surface area contributed by atoms with Crippen molar-refractivity contribution < 1.29 is 36.2 Å². The number of nitro benzene ring substituents is 2. The van der Waals surface area contributed by atoms with Crippen LogP contribution in [0.2, 0.25) is 0 Å². The average molecular weight is 1090 g/mol. The summed E-state index contributed by atoms with van der Waals surface area (Å²) in [6.07, 6.45) is -8.55. The lowest BCUT2D eigenvalue weighted by atomic mass is 10.1. The highest BCUT2D eigenvalue weighted by Crippen LogP contribution is 2.43. The summed E-state index contributed by atoms with van der Waals surface area (Å²) in [7, 11) is 0. The van der Waals surface area contributed by atoms with Gasteiger partial charge in [-0.05, 0) is 74.2 Å². The zero-order valence-corrected chi connectivity index (χ0v) is 42.2. The van der Waals surface area contributed by atoms with Crippen LogP contribution >= 0.6 is 0 Å². The second kappa shape index (κ2) is 25.9. The van der Waals surface area contributed by atoms with E-state index in [1.807, 2.05) is 84.9 Å². The molecule has 0 bridgehead atoms. The maximum atomic E-state index is 13.7. The Morgan fingerprint density at radius 2 is 0.863 bits per heavy atom. The number of nitrogens with zero attached hydrogens (tertiary/aromatic N) is 10. The van der Waals surface area contributed by atoms with Crippen molar-refractivity contribution in [2.45, 2.75) is 39.0 Å². The van der Waals surface area contributed by atoms with E-state index in [1.165, 1.54) is 0 Å². The van der Waals surface area contributed by atoms with Crippen molar-refractivity contribution >= 4 is 68.8 Å². The summed E-state index contributed by atoms with van der Waals surface area (Å²) in [5, 5.41) is 70.1. The maximum absolute atomic E-state index is 13.7. The zero-order chi connectivity index (χ0) is 57.4. The number of rotatable bonds is 18. The number of azo groups is 2. The van der Waals surface area contributed by atoms with Crippen molar-refractivity contribution in [2.24, 2.45) is 20.5 Å². The highest BCUT2D eigenvalue weighted by atomic mass is 19.4. The Labute approximate surface area is 452 Å². The molecule has 2 aromatic heterocycles. The number of nitriles is 2. The van der Waals surface area contributed by atoms with Gasteiger partial charge in [0.15, 0.2) is 17.5 Å². The molecule has 0 aliphatic rings. The lowest BCUT2D eigenvalue weighted by Gasteiger charge is -2.16. The van der Waals surface area contributed by atoms with Crippen LogP contribution in [0, 0.1) is 56.7 Å². The van der Waals surface area contributed by atoms with Gasteiger partial charge >= 0.3 is 12.4 Å². The summed E-state index contributed by atoms with van der Waals surface area (Å²) in [5.41, 5.74) is -0.822. The number of alkyl halides is 6. The van der Waals surface area contributed by atoms with E-state index in [-0.39, 0.29) is 45.8 Å². The molecule has 0 saturated heterocycles. The van der Waals surface area contributed by atoms with E-state index >= 15 is 0 Å². The fourth-order valence-electron chi connectivity index (χ4n) is 7.70. The molecule has 0 fully saturated rings. The van der Waals surface area contributed by atoms with Gasteiger partial charge in [-0.15, -0.1) is 20.5 Å². The highest BCUT2D eigenvalue weighted by Gasteiger charge is 2.37. The van der Waals surface area contributed by atoms with Gasteiger partial charge in [-0.1, -0.05) is 97.1 Å². The van der Waals surface area contributed by atoms with Crippen LogP contribution in [0.1, 0.15) is 44.5 Å². The van der Waals surface area contributed by atoms with Gasteiger partial charge in [0.2, 0.25) is 0 Å². The molecule has 0 aliphatic heterocycles. The van der Waals surface area contributed by atoms with Crippen molar-refractivity contribution in [3.8, 4) is 12.1 Å². The Balaban J connectivity index is 0.000000231. The van der Waals surface area contributed by atoms with E-state index in [2.05, 4.69) is 63.8 Å². The predicted octanol–water partition coefficient (Wildman–Crippen LogP) is 16.0. The van der Waals surface area contributed by atoms with Crippen molar-refractivity contribution in [3.05, 3.63) is 222 Å². The highest BCUT2D eigenvalue weighted by molar-refractivity contribution is 5.78. The van der Waals surface area contributed by atoms with Crippen LogP contribution in [0.5, 0.6) is 0 Å². The predicted molar refractivity (Wildman–Crippen MR) is 289 cm³/mol. The maximum Gasteiger partial charge on any atom is 0.418 e. The normalized spacial score (nSPS) is 11.3. The van der Waals surface area contributed by atoms with Crippen LogP contribution in [-0.2, 0) is 25.2 Å². The molecule has 0 unspecified atom stereocenters. The van der Waals surface area contributed by atoms with Gasteiger partial charge in [0.05, 0.1) is 43.5 Å². The first-order valence-corrected chi connectivity index (χ1v) is 24.0. The van der Waals surface area contributed by atoms with Gasteiger partial charge in [-0.25, -0.2) is 9.97 Å². The van der Waals surface area contributed by atoms with Crippen molar-refractivity contribution in [1.82, 2.24) is 9.97 Å². The molecule has 2 heterocycles. The van der Waals surface area contributed by atoms with Crippen LogP contribution in [0.3, 0.4) is 0 Å². The monoisotopic (exact) mass is 1090 g/mol. The molecule has 0 spiro atoms. The molecule has 0 atom stereocenters. The number of para-hydroxylation sites is 2. The third kappa shape index (κ3) is 14.9. The number of nitro groups is 2. The number of aromatic nitrogens is 2. The molecule has 24 heteroatoms. The number of halogens is 6. The third-order valence-corrected chi connectivity index (χ3v) is 11.7. The quantitative estimate of drug-likeness (QED) is 0.0271. The molecule has 0 saturated carbocycles. The van der Waals surface area contributed by atoms with E-state index in [1.54, 1.807) is 50.2 Å². The first-order chi connectivity index (χ1) is 38.3. The summed E-state index contributed by atoms with van der Waals surface area (Å²) in [5.74, 6) is 0.868. The Bertz CT molecular complexity index is 3650. The smallest absolute Gasteiger partial charge is 0.369 e. The Kier molecular flexibility index (Phi) is 18.5. The summed E-state index contributed by atoms with van der Waals surface area (Å²) in [6, 6.07) is 45.9. The number of anilines is 6. The summed E-state index contributed by atoms with van der Waals surface area (Å²) in [6.45, 7) is 4.05. The first kappa shape index (κ1) is 57.1. The Morgan fingerprint density at radius 1 is 0.500 bits per heavy atom. The number of nitrogens with one attached hydrogen (secondary N) is 4. The van der Waals surface area contributed by atoms with Crippen LogP contribution in [0.25, 0.3) is 0 Å². The van der Waals surface area contributed by atoms with E-state index < -0.39 is 56.1 Å². The molecule has 0 amide bonds. The fourth-order valence-corrected chi connectivity index (χ4v) is 7.70. The number of non-ortho nitro benzene ring substituents is 2. The van der Waals surface area contributed by atoms with Crippen molar-refractivity contribution in [1.29, 1.82) is 10.5 Å². The van der Waals surface area contributed by atoms with Crippen LogP contribution in [0.15, 0.2) is 178 Å². The van der Waals surface area contributed by atoms with Gasteiger partial charge < -0.3 is 21.3 Å². The molecule has 8 rings (SSSR count). The van der Waals surface area contributed by atoms with Gasteiger partial charge in [0, 0.05) is 59.9 Å². The number of pyridine rings is 2. The van der Waals surface area contributed by atoms with E-state index in [0.717, 1.165) is 35.4 Å². The second-order valence-corrected chi connectivity index (χ2v) is 17.2. The Hall–Kier alpha value is -10.6. The van der Waals surface area contributed by atoms with E-state index in [4.69, 9.17) is 0 Å². The molecular formula is C56H44F6N14O4. The first-order valence-electron chi connectivity index (χ1n) is 24.0. The standard InChI is InChI=1S/2C28H22F3N7O2/c1-18-22(17-32)26(34-20-10-6-3-7-11-20)35-27(33-15-14-19-8-4-2-5-9-19)25(18)37-36-24-13-12-21(38(39)40)16-23(24)28(29,30)31;1-18-22(17-32)26(33-15-14-19-8-4-2-5-9-19)35-27(34-20-10-6-3-7-11-20)25(18)37-36-24-13-12-21(38(39)40)16-23(24)28(29,30)31/h2*2-13,16H,14-15H2,1H3,(H2,33,34,35). The van der Waals surface area contributed by atoms with E-state index in [0.29, 0.717) is 60.6 Å². The average Bonchev–Trinajstić information content (AvgIpc) is 3.47. The van der Waals surface area contributed by atoms with Gasteiger partial charge in [-0.3, -0.25) is 20.2 Å². The summed E-state index contributed by atoms with van der Waals surface area (Å²) in [4.78, 5) is 29.3. The molecular weight excluding hydrogens is 1050 g/mol. The zero-order valence-electron chi connectivity index (χ0n) is 42.2. The summed E-state index contributed by atoms with van der Waals surface area (Å²) < 4.78 is 82.1. The molecule has 80 heavy (non-hydrogen) atoms. The molecule has 0 aliphatic carbocycles. The molecule has 8 aromatic rings. The minimum atomic E-state index is -4.91. The number of hydrogen-bond acceptors (Lipinski definition) is 16. The minimum absolute atomic E-state index is 0.0421.